The van der Waals surface area contributed by atoms with Crippen molar-refractivity contribution in [3.8, 4) is 0 Å². The first-order chi connectivity index (χ1) is 7.31. The van der Waals surface area contributed by atoms with Crippen molar-refractivity contribution in [2.75, 3.05) is 6.61 Å². The Balaban J connectivity index is 2.08. The third kappa shape index (κ3) is 2.39. The first-order valence-corrected chi connectivity index (χ1v) is 5.72. The van der Waals surface area contributed by atoms with Crippen LogP contribution in [0.3, 0.4) is 0 Å². The van der Waals surface area contributed by atoms with Crippen molar-refractivity contribution in [3.63, 3.8) is 0 Å². The first kappa shape index (κ1) is 10.7. The fourth-order valence-electron chi connectivity index (χ4n) is 2.25. The molecular formula is C13H18O2. The van der Waals surface area contributed by atoms with Crippen LogP contribution >= 0.6 is 0 Å². The molecule has 1 aliphatic carbocycles. The van der Waals surface area contributed by atoms with E-state index in [0.29, 0.717) is 12.8 Å². The zero-order chi connectivity index (χ0) is 10.7. The summed E-state index contributed by atoms with van der Waals surface area (Å²) >= 11 is 0. The van der Waals surface area contributed by atoms with Crippen molar-refractivity contribution < 1.29 is 10.2 Å². The molecule has 0 aliphatic heterocycles. The summed E-state index contributed by atoms with van der Waals surface area (Å²) in [6, 6.07) is 6.29. The van der Waals surface area contributed by atoms with Gasteiger partial charge in [0.25, 0.3) is 0 Å². The summed E-state index contributed by atoms with van der Waals surface area (Å²) in [6.45, 7) is 0.155. The van der Waals surface area contributed by atoms with Crippen molar-refractivity contribution in [2.45, 2.75) is 38.2 Å². The lowest BCUT2D eigenvalue weighted by Crippen LogP contribution is -2.00. The molecule has 0 aromatic heterocycles. The molecule has 0 saturated carbocycles. The Morgan fingerprint density at radius 3 is 2.80 bits per heavy atom. The maximum Gasteiger partial charge on any atom is 0.0791 e. The van der Waals surface area contributed by atoms with Gasteiger partial charge in [0.05, 0.1) is 6.10 Å². The third-order valence-corrected chi connectivity index (χ3v) is 3.14. The summed E-state index contributed by atoms with van der Waals surface area (Å²) in [5.74, 6) is 0. The Kier molecular flexibility index (Phi) is 3.39. The quantitative estimate of drug-likeness (QED) is 0.790. The lowest BCUT2D eigenvalue weighted by molar-refractivity contribution is 0.152. The summed E-state index contributed by atoms with van der Waals surface area (Å²) in [5.41, 5.74) is 3.84. The predicted octanol–water partition coefficient (Wildman–Crippen LogP) is 1.98. The molecule has 0 heterocycles. The number of aliphatic hydroxyl groups is 2. The van der Waals surface area contributed by atoms with Gasteiger partial charge in [0.2, 0.25) is 0 Å². The second-order valence-electron chi connectivity index (χ2n) is 4.26. The molecule has 1 unspecified atom stereocenters. The smallest absolute Gasteiger partial charge is 0.0791 e. The fourth-order valence-corrected chi connectivity index (χ4v) is 2.25. The molecule has 15 heavy (non-hydrogen) atoms. The Hall–Kier alpha value is -0.860. The minimum Gasteiger partial charge on any atom is -0.396 e. The van der Waals surface area contributed by atoms with Gasteiger partial charge in [0.1, 0.15) is 0 Å². The number of benzene rings is 1. The van der Waals surface area contributed by atoms with Gasteiger partial charge in [-0.2, -0.15) is 0 Å². The molecule has 0 bridgehead atoms. The predicted molar refractivity (Wildman–Crippen MR) is 59.7 cm³/mol. The highest BCUT2D eigenvalue weighted by Gasteiger charge is 2.13. The molecule has 0 spiro atoms. The number of hydrogen-bond acceptors (Lipinski definition) is 2. The van der Waals surface area contributed by atoms with Crippen molar-refractivity contribution >= 4 is 0 Å². The summed E-state index contributed by atoms with van der Waals surface area (Å²) in [4.78, 5) is 0. The van der Waals surface area contributed by atoms with Crippen LogP contribution in [0.25, 0.3) is 0 Å². The van der Waals surface area contributed by atoms with Crippen LogP contribution < -0.4 is 0 Å². The number of aryl methyl sites for hydroxylation is 2. The van der Waals surface area contributed by atoms with E-state index in [0.717, 1.165) is 12.0 Å². The second kappa shape index (κ2) is 4.77. The maximum absolute atomic E-state index is 9.87. The second-order valence-corrected chi connectivity index (χ2v) is 4.26. The molecule has 2 N–H and O–H groups in total. The lowest BCUT2D eigenvalue weighted by Gasteiger charge is -2.11. The number of rotatable bonds is 4. The van der Waals surface area contributed by atoms with Gasteiger partial charge in [-0.1, -0.05) is 18.2 Å². The monoisotopic (exact) mass is 206 g/mol. The van der Waals surface area contributed by atoms with Crippen LogP contribution in [-0.4, -0.2) is 16.8 Å². The Morgan fingerprint density at radius 1 is 1.20 bits per heavy atom. The van der Waals surface area contributed by atoms with Gasteiger partial charge in [-0.3, -0.25) is 0 Å². The molecule has 0 saturated heterocycles. The number of hydrogen-bond donors (Lipinski definition) is 2. The minimum atomic E-state index is -0.414. The topological polar surface area (TPSA) is 40.5 Å². The van der Waals surface area contributed by atoms with Crippen LogP contribution in [0, 0.1) is 0 Å². The standard InChI is InChI=1S/C13H18O2/c14-8-2-5-13(15)12-7-6-10-3-1-4-11(10)9-12/h6-7,9,13-15H,1-5,8H2. The third-order valence-electron chi connectivity index (χ3n) is 3.14. The summed E-state index contributed by atoms with van der Waals surface area (Å²) in [6.07, 6.45) is 4.47. The van der Waals surface area contributed by atoms with E-state index in [-0.39, 0.29) is 6.61 Å². The first-order valence-electron chi connectivity index (χ1n) is 5.72. The summed E-state index contributed by atoms with van der Waals surface area (Å²) < 4.78 is 0. The van der Waals surface area contributed by atoms with Crippen LogP contribution in [0.15, 0.2) is 18.2 Å². The van der Waals surface area contributed by atoms with Gasteiger partial charge < -0.3 is 10.2 Å². The molecule has 1 aliphatic rings. The Morgan fingerprint density at radius 2 is 2.00 bits per heavy atom. The molecule has 2 nitrogen and oxygen atoms in total. The highest BCUT2D eigenvalue weighted by molar-refractivity contribution is 5.36. The molecule has 1 atom stereocenters. The van der Waals surface area contributed by atoms with Crippen LogP contribution in [0.4, 0.5) is 0 Å². The van der Waals surface area contributed by atoms with Gasteiger partial charge in [-0.05, 0) is 48.8 Å². The minimum absolute atomic E-state index is 0.155. The zero-order valence-electron chi connectivity index (χ0n) is 8.95. The highest BCUT2D eigenvalue weighted by atomic mass is 16.3. The van der Waals surface area contributed by atoms with Gasteiger partial charge >= 0.3 is 0 Å². The molecule has 1 aromatic rings. The summed E-state index contributed by atoms with van der Waals surface area (Å²) in [7, 11) is 0. The van der Waals surface area contributed by atoms with Crippen molar-refractivity contribution in [3.05, 3.63) is 34.9 Å². The average molecular weight is 206 g/mol. The van der Waals surface area contributed by atoms with E-state index in [1.165, 1.54) is 24.0 Å². The summed E-state index contributed by atoms with van der Waals surface area (Å²) in [5, 5.41) is 18.6. The van der Waals surface area contributed by atoms with E-state index in [4.69, 9.17) is 5.11 Å². The lowest BCUT2D eigenvalue weighted by atomic mass is 10.0. The number of fused-ring (bicyclic) bond motifs is 1. The highest BCUT2D eigenvalue weighted by Crippen LogP contribution is 2.26. The van der Waals surface area contributed by atoms with Gasteiger partial charge in [-0.25, -0.2) is 0 Å². The molecule has 0 fully saturated rings. The maximum atomic E-state index is 9.87. The molecule has 1 aromatic carbocycles. The van der Waals surface area contributed by atoms with E-state index in [9.17, 15) is 5.11 Å². The van der Waals surface area contributed by atoms with E-state index in [2.05, 4.69) is 12.1 Å². The van der Waals surface area contributed by atoms with E-state index >= 15 is 0 Å². The van der Waals surface area contributed by atoms with Crippen molar-refractivity contribution in [1.82, 2.24) is 0 Å². The van der Waals surface area contributed by atoms with E-state index < -0.39 is 6.10 Å². The van der Waals surface area contributed by atoms with E-state index in [1.54, 1.807) is 0 Å². The largest absolute Gasteiger partial charge is 0.396 e. The average Bonchev–Trinajstić information content (AvgIpc) is 2.72. The van der Waals surface area contributed by atoms with Crippen molar-refractivity contribution in [1.29, 1.82) is 0 Å². The zero-order valence-corrected chi connectivity index (χ0v) is 8.95. The van der Waals surface area contributed by atoms with Gasteiger partial charge in [-0.15, -0.1) is 0 Å². The van der Waals surface area contributed by atoms with Crippen LogP contribution in [0.5, 0.6) is 0 Å². The molecule has 0 amide bonds. The van der Waals surface area contributed by atoms with Crippen molar-refractivity contribution in [2.24, 2.45) is 0 Å². The van der Waals surface area contributed by atoms with Gasteiger partial charge in [0, 0.05) is 6.61 Å². The van der Waals surface area contributed by atoms with Gasteiger partial charge in [0.15, 0.2) is 0 Å². The van der Waals surface area contributed by atoms with Crippen LogP contribution in [-0.2, 0) is 12.8 Å². The Labute approximate surface area is 90.6 Å². The SMILES string of the molecule is OCCCC(O)c1ccc2c(c1)CCC2. The molecule has 2 heteroatoms. The molecular weight excluding hydrogens is 188 g/mol. The van der Waals surface area contributed by atoms with Crippen LogP contribution in [0.2, 0.25) is 0 Å². The normalized spacial score (nSPS) is 16.4. The van der Waals surface area contributed by atoms with Crippen LogP contribution in [0.1, 0.15) is 42.1 Å². The molecule has 2 rings (SSSR count). The number of aliphatic hydroxyl groups excluding tert-OH is 2. The molecule has 82 valence electrons. The Bertz CT molecular complexity index is 333. The molecule has 0 radical (unpaired) electrons. The van der Waals surface area contributed by atoms with E-state index in [1.807, 2.05) is 6.07 Å². The fraction of sp³-hybridized carbons (Fsp3) is 0.538.